The average molecular weight is 316 g/mol. The zero-order valence-electron chi connectivity index (χ0n) is 10.1. The molecule has 6 heteroatoms. The third-order valence-electron chi connectivity index (χ3n) is 2.41. The quantitative estimate of drug-likeness (QED) is 0.875. The number of carboxylic acids is 1. The minimum Gasteiger partial charge on any atom is -0.478 e. The van der Waals surface area contributed by atoms with Crippen LogP contribution in [0.25, 0.3) is 0 Å². The van der Waals surface area contributed by atoms with Crippen molar-refractivity contribution in [3.63, 3.8) is 0 Å². The first kappa shape index (κ1) is 14.7. The van der Waals surface area contributed by atoms with Crippen molar-refractivity contribution in [1.29, 1.82) is 0 Å². The van der Waals surface area contributed by atoms with Gasteiger partial charge < -0.3 is 15.2 Å². The highest BCUT2D eigenvalue weighted by Gasteiger charge is 2.13. The smallest absolute Gasteiger partial charge is 0.336 e. The lowest BCUT2D eigenvalue weighted by Gasteiger charge is -2.11. The van der Waals surface area contributed by atoms with Crippen molar-refractivity contribution in [2.45, 2.75) is 13.3 Å². The fraction of sp³-hybridized carbons (Fsp3) is 0.333. The van der Waals surface area contributed by atoms with Crippen molar-refractivity contribution in [1.82, 2.24) is 0 Å². The van der Waals surface area contributed by atoms with Crippen LogP contribution in [-0.4, -0.2) is 30.7 Å². The van der Waals surface area contributed by atoms with E-state index in [1.54, 1.807) is 13.0 Å². The van der Waals surface area contributed by atoms with Gasteiger partial charge in [-0.15, -0.1) is 0 Å². The molecular formula is C12H14BrNO4. The molecule has 0 aromatic heterocycles. The van der Waals surface area contributed by atoms with E-state index in [0.29, 0.717) is 22.3 Å². The van der Waals surface area contributed by atoms with Crippen molar-refractivity contribution in [3.8, 4) is 0 Å². The van der Waals surface area contributed by atoms with Gasteiger partial charge in [-0.1, -0.05) is 15.9 Å². The molecule has 2 N–H and O–H groups in total. The SMILES string of the molecule is COCCC(=O)Nc1cc(Br)cc(C(=O)O)c1C. The highest BCUT2D eigenvalue weighted by atomic mass is 79.9. The normalized spacial score (nSPS) is 10.2. The number of amides is 1. The van der Waals surface area contributed by atoms with Crippen molar-refractivity contribution in [2.75, 3.05) is 19.0 Å². The van der Waals surface area contributed by atoms with Crippen LogP contribution in [0.15, 0.2) is 16.6 Å². The molecular weight excluding hydrogens is 302 g/mol. The van der Waals surface area contributed by atoms with E-state index in [1.165, 1.54) is 13.2 Å². The van der Waals surface area contributed by atoms with Gasteiger partial charge in [-0.2, -0.15) is 0 Å². The molecule has 5 nitrogen and oxygen atoms in total. The molecule has 0 aliphatic carbocycles. The van der Waals surface area contributed by atoms with Crippen LogP contribution in [0.5, 0.6) is 0 Å². The number of carboxylic acid groups (broad SMARTS) is 1. The monoisotopic (exact) mass is 315 g/mol. The van der Waals surface area contributed by atoms with E-state index in [4.69, 9.17) is 9.84 Å². The van der Waals surface area contributed by atoms with Gasteiger partial charge in [0.2, 0.25) is 5.91 Å². The predicted molar refractivity (Wildman–Crippen MR) is 71.0 cm³/mol. The maximum Gasteiger partial charge on any atom is 0.336 e. The van der Waals surface area contributed by atoms with Gasteiger partial charge in [0, 0.05) is 17.3 Å². The van der Waals surface area contributed by atoms with Gasteiger partial charge in [0.1, 0.15) is 0 Å². The van der Waals surface area contributed by atoms with E-state index in [9.17, 15) is 9.59 Å². The first-order valence-electron chi connectivity index (χ1n) is 5.28. The Morgan fingerprint density at radius 2 is 2.11 bits per heavy atom. The molecule has 0 aliphatic rings. The lowest BCUT2D eigenvalue weighted by atomic mass is 10.1. The summed E-state index contributed by atoms with van der Waals surface area (Å²) in [6.45, 7) is 1.98. The number of benzene rings is 1. The van der Waals surface area contributed by atoms with Crippen LogP contribution in [0.1, 0.15) is 22.3 Å². The molecule has 1 amide bonds. The third kappa shape index (κ3) is 3.82. The molecule has 98 valence electrons. The summed E-state index contributed by atoms with van der Waals surface area (Å²) in [5.74, 6) is -1.24. The first-order valence-corrected chi connectivity index (χ1v) is 6.07. The number of hydrogen-bond acceptors (Lipinski definition) is 3. The Morgan fingerprint density at radius 3 is 2.67 bits per heavy atom. The molecule has 1 aromatic rings. The Morgan fingerprint density at radius 1 is 1.44 bits per heavy atom. The summed E-state index contributed by atoms with van der Waals surface area (Å²) in [6.07, 6.45) is 0.227. The maximum atomic E-state index is 11.6. The second-order valence-corrected chi connectivity index (χ2v) is 4.64. The van der Waals surface area contributed by atoms with Gasteiger partial charge >= 0.3 is 5.97 Å². The van der Waals surface area contributed by atoms with Crippen LogP contribution in [0.2, 0.25) is 0 Å². The largest absolute Gasteiger partial charge is 0.478 e. The fourth-order valence-corrected chi connectivity index (χ4v) is 1.90. The number of nitrogens with one attached hydrogen (secondary N) is 1. The number of ether oxygens (including phenoxy) is 1. The number of carbonyl (C=O) groups is 2. The van der Waals surface area contributed by atoms with Gasteiger partial charge in [0.25, 0.3) is 0 Å². The average Bonchev–Trinajstić information content (AvgIpc) is 2.30. The van der Waals surface area contributed by atoms with E-state index in [1.807, 2.05) is 0 Å². The zero-order chi connectivity index (χ0) is 13.7. The van der Waals surface area contributed by atoms with Gasteiger partial charge in [0.05, 0.1) is 18.6 Å². The van der Waals surface area contributed by atoms with Gasteiger partial charge in [0.15, 0.2) is 0 Å². The van der Waals surface area contributed by atoms with E-state index in [2.05, 4.69) is 21.2 Å². The van der Waals surface area contributed by atoms with E-state index in [0.717, 1.165) is 0 Å². The molecule has 0 spiro atoms. The Kier molecular flexibility index (Phi) is 5.30. The second kappa shape index (κ2) is 6.51. The number of carbonyl (C=O) groups excluding carboxylic acids is 1. The third-order valence-corrected chi connectivity index (χ3v) is 2.87. The van der Waals surface area contributed by atoms with Crippen LogP contribution in [0.4, 0.5) is 5.69 Å². The zero-order valence-corrected chi connectivity index (χ0v) is 11.7. The summed E-state index contributed by atoms with van der Waals surface area (Å²) < 4.78 is 5.41. The molecule has 0 aliphatic heterocycles. The highest BCUT2D eigenvalue weighted by Crippen LogP contribution is 2.25. The van der Waals surface area contributed by atoms with E-state index in [-0.39, 0.29) is 17.9 Å². The molecule has 0 heterocycles. The van der Waals surface area contributed by atoms with Crippen molar-refractivity contribution in [3.05, 3.63) is 27.7 Å². The number of methoxy groups -OCH3 is 1. The minimum atomic E-state index is -1.03. The number of rotatable bonds is 5. The molecule has 0 bridgehead atoms. The summed E-state index contributed by atoms with van der Waals surface area (Å²) in [7, 11) is 1.51. The topological polar surface area (TPSA) is 75.6 Å². The minimum absolute atomic E-state index is 0.159. The first-order chi connectivity index (χ1) is 8.45. The number of anilines is 1. The Bertz CT molecular complexity index is 473. The lowest BCUT2D eigenvalue weighted by molar-refractivity contribution is -0.117. The number of hydrogen-bond donors (Lipinski definition) is 2. The van der Waals surface area contributed by atoms with Crippen molar-refractivity contribution in [2.24, 2.45) is 0 Å². The molecule has 0 saturated carbocycles. The molecule has 0 atom stereocenters. The van der Waals surface area contributed by atoms with Gasteiger partial charge in [-0.25, -0.2) is 4.79 Å². The Hall–Kier alpha value is -1.40. The van der Waals surface area contributed by atoms with Crippen LogP contribution >= 0.6 is 15.9 Å². The van der Waals surface area contributed by atoms with Crippen LogP contribution in [0.3, 0.4) is 0 Å². The summed E-state index contributed by atoms with van der Waals surface area (Å²) >= 11 is 3.22. The fourth-order valence-electron chi connectivity index (χ4n) is 1.44. The standard InChI is InChI=1S/C12H14BrNO4/c1-7-9(12(16)17)5-8(13)6-10(7)14-11(15)3-4-18-2/h5-6H,3-4H2,1-2H3,(H,14,15)(H,16,17). The summed E-state index contributed by atoms with van der Waals surface area (Å²) in [6, 6.07) is 3.18. The Balaban J connectivity index is 2.95. The second-order valence-electron chi connectivity index (χ2n) is 3.72. The maximum absolute atomic E-state index is 11.6. The van der Waals surface area contributed by atoms with Crippen molar-refractivity contribution >= 4 is 33.5 Å². The van der Waals surface area contributed by atoms with Crippen molar-refractivity contribution < 1.29 is 19.4 Å². The molecule has 0 radical (unpaired) electrons. The molecule has 0 saturated heterocycles. The predicted octanol–water partition coefficient (Wildman–Crippen LogP) is 2.43. The van der Waals surface area contributed by atoms with E-state index >= 15 is 0 Å². The summed E-state index contributed by atoms with van der Waals surface area (Å²) in [5.41, 5.74) is 1.17. The van der Waals surface area contributed by atoms with Gasteiger partial charge in [-0.3, -0.25) is 4.79 Å². The van der Waals surface area contributed by atoms with Crippen LogP contribution < -0.4 is 5.32 Å². The number of aromatic carboxylic acids is 1. The Labute approximate surface area is 113 Å². The molecule has 1 aromatic carbocycles. The summed E-state index contributed by atoms with van der Waals surface area (Å²) in [5, 5.41) is 11.7. The number of halogens is 1. The summed E-state index contributed by atoms with van der Waals surface area (Å²) in [4.78, 5) is 22.6. The molecule has 1 rings (SSSR count). The highest BCUT2D eigenvalue weighted by molar-refractivity contribution is 9.10. The molecule has 0 fully saturated rings. The molecule has 0 unspecified atom stereocenters. The van der Waals surface area contributed by atoms with Gasteiger partial charge in [-0.05, 0) is 24.6 Å². The van der Waals surface area contributed by atoms with E-state index < -0.39 is 5.97 Å². The van der Waals surface area contributed by atoms with Crippen LogP contribution in [0, 0.1) is 6.92 Å². The molecule has 18 heavy (non-hydrogen) atoms. The lowest BCUT2D eigenvalue weighted by Crippen LogP contribution is -2.15. The van der Waals surface area contributed by atoms with Crippen LogP contribution in [-0.2, 0) is 9.53 Å².